The second kappa shape index (κ2) is 8.60. The first kappa shape index (κ1) is 20.5. The summed E-state index contributed by atoms with van der Waals surface area (Å²) in [6.07, 6.45) is 1.50. The number of anilines is 2. The van der Waals surface area contributed by atoms with Gasteiger partial charge in [-0.3, -0.25) is 9.59 Å². The molecule has 0 saturated carbocycles. The number of nitrogens with one attached hydrogen (secondary N) is 1. The van der Waals surface area contributed by atoms with Gasteiger partial charge < -0.3 is 19.5 Å². The molecule has 0 radical (unpaired) electrons. The highest BCUT2D eigenvalue weighted by atomic mass is 35.5. The lowest BCUT2D eigenvalue weighted by Crippen LogP contribution is -2.48. The first-order valence-electron chi connectivity index (χ1n) is 9.99. The van der Waals surface area contributed by atoms with Crippen LogP contribution in [-0.2, 0) is 0 Å². The van der Waals surface area contributed by atoms with Crippen LogP contribution in [0.2, 0.25) is 5.02 Å². The van der Waals surface area contributed by atoms with Gasteiger partial charge in [0.15, 0.2) is 5.76 Å². The van der Waals surface area contributed by atoms with Crippen LogP contribution >= 0.6 is 23.3 Å². The van der Waals surface area contributed by atoms with E-state index in [2.05, 4.69) is 19.0 Å². The fourth-order valence-electron chi connectivity index (χ4n) is 3.67. The third-order valence-corrected chi connectivity index (χ3v) is 6.22. The van der Waals surface area contributed by atoms with Gasteiger partial charge in [0.2, 0.25) is 0 Å². The highest BCUT2D eigenvalue weighted by Crippen LogP contribution is 2.30. The van der Waals surface area contributed by atoms with Crippen molar-refractivity contribution < 1.29 is 14.0 Å². The van der Waals surface area contributed by atoms with E-state index in [4.69, 9.17) is 16.0 Å². The number of piperazine rings is 1. The lowest BCUT2D eigenvalue weighted by atomic mass is 10.1. The highest BCUT2D eigenvalue weighted by molar-refractivity contribution is 7.00. The number of aromatic nitrogens is 2. The van der Waals surface area contributed by atoms with Gasteiger partial charge in [-0.25, -0.2) is 0 Å². The second-order valence-electron chi connectivity index (χ2n) is 7.34. The van der Waals surface area contributed by atoms with E-state index >= 15 is 0 Å². The van der Waals surface area contributed by atoms with Crippen molar-refractivity contribution in [3.8, 4) is 0 Å². The summed E-state index contributed by atoms with van der Waals surface area (Å²) in [6.45, 7) is 2.45. The SMILES string of the molecule is O=C(Nc1ccc(N2CCN(C(=O)c3ccco3)CC2)c(Cl)c1)c1ccc2nsnc2c1. The van der Waals surface area contributed by atoms with Crippen molar-refractivity contribution in [1.29, 1.82) is 0 Å². The van der Waals surface area contributed by atoms with Gasteiger partial charge in [-0.05, 0) is 48.5 Å². The van der Waals surface area contributed by atoms with Crippen LogP contribution in [0.4, 0.5) is 11.4 Å². The van der Waals surface area contributed by atoms with E-state index < -0.39 is 0 Å². The first-order chi connectivity index (χ1) is 15.6. The number of hydrogen-bond donors (Lipinski definition) is 1. The van der Waals surface area contributed by atoms with Gasteiger partial charge in [0.05, 0.1) is 28.7 Å². The normalized spacial score (nSPS) is 14.0. The van der Waals surface area contributed by atoms with Crippen molar-refractivity contribution in [3.05, 3.63) is 71.1 Å². The van der Waals surface area contributed by atoms with Gasteiger partial charge in [0, 0.05) is 37.4 Å². The molecule has 2 aromatic carbocycles. The number of carbonyl (C=O) groups is 2. The Kier molecular flexibility index (Phi) is 5.50. The molecular formula is C22H18ClN5O3S. The molecule has 2 aromatic heterocycles. The quantitative estimate of drug-likeness (QED) is 0.484. The summed E-state index contributed by atoms with van der Waals surface area (Å²) in [7, 11) is 0. The van der Waals surface area contributed by atoms with Gasteiger partial charge >= 0.3 is 0 Å². The molecule has 1 fully saturated rings. The van der Waals surface area contributed by atoms with Gasteiger partial charge in [-0.1, -0.05) is 11.6 Å². The largest absolute Gasteiger partial charge is 0.459 e. The Morgan fingerprint density at radius 3 is 2.56 bits per heavy atom. The molecule has 3 heterocycles. The third-order valence-electron chi connectivity index (χ3n) is 5.36. The number of fused-ring (bicyclic) bond motifs is 1. The van der Waals surface area contributed by atoms with E-state index in [0.717, 1.165) is 22.9 Å². The average molecular weight is 468 g/mol. The maximum absolute atomic E-state index is 12.6. The molecule has 1 aliphatic rings. The molecule has 0 atom stereocenters. The molecule has 162 valence electrons. The number of rotatable bonds is 4. The maximum atomic E-state index is 12.6. The molecule has 8 nitrogen and oxygen atoms in total. The zero-order valence-electron chi connectivity index (χ0n) is 16.8. The predicted octanol–water partition coefficient (Wildman–Crippen LogP) is 4.15. The average Bonchev–Trinajstić information content (AvgIpc) is 3.50. The second-order valence-corrected chi connectivity index (χ2v) is 8.28. The third kappa shape index (κ3) is 4.04. The zero-order chi connectivity index (χ0) is 22.1. The molecule has 4 aromatic rings. The van der Waals surface area contributed by atoms with Gasteiger partial charge in [0.1, 0.15) is 11.0 Å². The lowest BCUT2D eigenvalue weighted by Gasteiger charge is -2.36. The smallest absolute Gasteiger partial charge is 0.289 e. The van der Waals surface area contributed by atoms with Gasteiger partial charge in [-0.2, -0.15) is 8.75 Å². The molecule has 32 heavy (non-hydrogen) atoms. The van der Waals surface area contributed by atoms with Crippen molar-refractivity contribution in [3.63, 3.8) is 0 Å². The molecule has 5 rings (SSSR count). The minimum Gasteiger partial charge on any atom is -0.459 e. The molecule has 0 aliphatic carbocycles. The maximum Gasteiger partial charge on any atom is 0.289 e. The number of furan rings is 1. The Balaban J connectivity index is 1.23. The van der Waals surface area contributed by atoms with Crippen LogP contribution in [0.5, 0.6) is 0 Å². The summed E-state index contributed by atoms with van der Waals surface area (Å²) in [6, 6.07) is 14.0. The molecule has 10 heteroatoms. The molecule has 1 N–H and O–H groups in total. The summed E-state index contributed by atoms with van der Waals surface area (Å²) in [5.41, 5.74) is 3.44. The number of benzene rings is 2. The van der Waals surface area contributed by atoms with Crippen molar-refractivity contribution in [2.75, 3.05) is 36.4 Å². The molecule has 0 bridgehead atoms. The van der Waals surface area contributed by atoms with E-state index in [1.54, 1.807) is 41.3 Å². The Hall–Kier alpha value is -3.43. The number of amides is 2. The van der Waals surface area contributed by atoms with Crippen molar-refractivity contribution in [2.24, 2.45) is 0 Å². The summed E-state index contributed by atoms with van der Waals surface area (Å²) in [4.78, 5) is 29.0. The molecule has 2 amide bonds. The fraction of sp³-hybridized carbons (Fsp3) is 0.182. The van der Waals surface area contributed by atoms with Crippen LogP contribution < -0.4 is 10.2 Å². The zero-order valence-corrected chi connectivity index (χ0v) is 18.4. The first-order valence-corrected chi connectivity index (χ1v) is 11.1. The Labute approximate surface area is 192 Å². The number of nitrogens with zero attached hydrogens (tertiary/aromatic N) is 4. The van der Waals surface area contributed by atoms with Crippen LogP contribution in [0.15, 0.2) is 59.2 Å². The monoisotopic (exact) mass is 467 g/mol. The van der Waals surface area contributed by atoms with Crippen LogP contribution in [0, 0.1) is 0 Å². The summed E-state index contributed by atoms with van der Waals surface area (Å²) in [5, 5.41) is 3.41. The molecular weight excluding hydrogens is 450 g/mol. The van der Waals surface area contributed by atoms with Gasteiger partial charge in [-0.15, -0.1) is 0 Å². The Morgan fingerprint density at radius 2 is 1.81 bits per heavy atom. The number of carbonyl (C=O) groups excluding carboxylic acids is 2. The van der Waals surface area contributed by atoms with E-state index in [1.165, 1.54) is 6.26 Å². The van der Waals surface area contributed by atoms with E-state index in [-0.39, 0.29) is 11.8 Å². The van der Waals surface area contributed by atoms with Crippen molar-refractivity contribution >= 4 is 57.6 Å². The summed E-state index contributed by atoms with van der Waals surface area (Å²) in [5.74, 6) is 0.000894. The lowest BCUT2D eigenvalue weighted by molar-refractivity contribution is 0.0714. The molecule has 0 unspecified atom stereocenters. The van der Waals surface area contributed by atoms with Crippen molar-refractivity contribution in [2.45, 2.75) is 0 Å². The van der Waals surface area contributed by atoms with E-state index in [1.807, 2.05) is 12.1 Å². The molecule has 1 aliphatic heterocycles. The van der Waals surface area contributed by atoms with Crippen LogP contribution in [0.25, 0.3) is 11.0 Å². The highest BCUT2D eigenvalue weighted by Gasteiger charge is 2.24. The van der Waals surface area contributed by atoms with Crippen LogP contribution in [-0.4, -0.2) is 51.6 Å². The van der Waals surface area contributed by atoms with E-state index in [9.17, 15) is 9.59 Å². The van der Waals surface area contributed by atoms with Crippen molar-refractivity contribution in [1.82, 2.24) is 13.6 Å². The minimum absolute atomic E-state index is 0.106. The summed E-state index contributed by atoms with van der Waals surface area (Å²) < 4.78 is 13.5. The standard InChI is InChI=1S/C22H18ClN5O3S/c23-16-13-15(24-21(29)14-3-5-17-18(12-14)26-32-25-17)4-6-19(16)27-7-9-28(10-8-27)22(30)20-2-1-11-31-20/h1-6,11-13H,7-10H2,(H,24,29). The minimum atomic E-state index is -0.242. The Bertz CT molecular complexity index is 1280. The number of hydrogen-bond acceptors (Lipinski definition) is 7. The summed E-state index contributed by atoms with van der Waals surface area (Å²) >= 11 is 7.65. The van der Waals surface area contributed by atoms with Crippen LogP contribution in [0.3, 0.4) is 0 Å². The van der Waals surface area contributed by atoms with Gasteiger partial charge in [0.25, 0.3) is 11.8 Å². The van der Waals surface area contributed by atoms with E-state index in [0.29, 0.717) is 53.7 Å². The molecule has 1 saturated heterocycles. The Morgan fingerprint density at radius 1 is 1.00 bits per heavy atom. The topological polar surface area (TPSA) is 91.6 Å². The predicted molar refractivity (Wildman–Crippen MR) is 124 cm³/mol. The number of halogens is 1. The van der Waals surface area contributed by atoms with Crippen LogP contribution in [0.1, 0.15) is 20.9 Å². The molecule has 0 spiro atoms. The fourth-order valence-corrected chi connectivity index (χ4v) is 4.49.